The SMILES string of the molecule is Cc1[nH]c(=O)sc1CN1CCCC1. The maximum Gasteiger partial charge on any atom is 0.304 e. The average Bonchev–Trinajstić information content (AvgIpc) is 2.63. The molecule has 0 unspecified atom stereocenters. The highest BCUT2D eigenvalue weighted by Crippen LogP contribution is 2.15. The van der Waals surface area contributed by atoms with E-state index in [1.165, 1.54) is 42.1 Å². The van der Waals surface area contributed by atoms with Gasteiger partial charge in [0.25, 0.3) is 0 Å². The largest absolute Gasteiger partial charge is 0.317 e. The van der Waals surface area contributed by atoms with Crippen molar-refractivity contribution in [2.24, 2.45) is 0 Å². The number of aryl methyl sites for hydroxylation is 1. The van der Waals surface area contributed by atoms with Crippen molar-refractivity contribution in [3.05, 3.63) is 20.2 Å². The van der Waals surface area contributed by atoms with Crippen LogP contribution in [-0.2, 0) is 6.54 Å². The summed E-state index contributed by atoms with van der Waals surface area (Å²) in [6.07, 6.45) is 2.61. The van der Waals surface area contributed by atoms with Gasteiger partial charge in [-0.1, -0.05) is 11.3 Å². The molecule has 1 aliphatic heterocycles. The zero-order valence-electron chi connectivity index (χ0n) is 7.80. The molecule has 1 saturated heterocycles. The monoisotopic (exact) mass is 198 g/mol. The van der Waals surface area contributed by atoms with Gasteiger partial charge in [0.15, 0.2) is 0 Å². The Bertz CT molecular complexity index is 336. The number of nitrogens with zero attached hydrogens (tertiary/aromatic N) is 1. The molecule has 0 aliphatic carbocycles. The van der Waals surface area contributed by atoms with Crippen LogP contribution in [0.2, 0.25) is 0 Å². The van der Waals surface area contributed by atoms with Gasteiger partial charge in [0, 0.05) is 17.1 Å². The molecule has 0 saturated carbocycles. The maximum absolute atomic E-state index is 11.0. The Morgan fingerprint density at radius 2 is 2.15 bits per heavy atom. The van der Waals surface area contributed by atoms with Crippen LogP contribution in [0.1, 0.15) is 23.4 Å². The van der Waals surface area contributed by atoms with E-state index in [-0.39, 0.29) is 4.87 Å². The lowest BCUT2D eigenvalue weighted by molar-refractivity contribution is 0.333. The molecule has 1 fully saturated rings. The van der Waals surface area contributed by atoms with Crippen LogP contribution in [0, 0.1) is 6.92 Å². The zero-order chi connectivity index (χ0) is 9.26. The fourth-order valence-electron chi connectivity index (χ4n) is 1.73. The van der Waals surface area contributed by atoms with Crippen molar-refractivity contribution in [2.75, 3.05) is 13.1 Å². The van der Waals surface area contributed by atoms with Crippen LogP contribution in [0.15, 0.2) is 4.79 Å². The van der Waals surface area contributed by atoms with Crippen molar-refractivity contribution in [1.29, 1.82) is 0 Å². The highest BCUT2D eigenvalue weighted by atomic mass is 32.1. The van der Waals surface area contributed by atoms with Crippen LogP contribution in [0.5, 0.6) is 0 Å². The van der Waals surface area contributed by atoms with Crippen LogP contribution in [0.25, 0.3) is 0 Å². The second kappa shape index (κ2) is 3.64. The minimum absolute atomic E-state index is 0.0756. The van der Waals surface area contributed by atoms with Crippen molar-refractivity contribution in [2.45, 2.75) is 26.3 Å². The van der Waals surface area contributed by atoms with E-state index in [1.54, 1.807) is 0 Å². The Balaban J connectivity index is 2.08. The number of rotatable bonds is 2. The normalized spacial score (nSPS) is 18.2. The first-order chi connectivity index (χ1) is 6.25. The molecule has 1 aromatic rings. The van der Waals surface area contributed by atoms with E-state index in [0.29, 0.717) is 0 Å². The highest BCUT2D eigenvalue weighted by Gasteiger charge is 2.14. The predicted molar refractivity (Wildman–Crippen MR) is 54.2 cm³/mol. The van der Waals surface area contributed by atoms with E-state index >= 15 is 0 Å². The van der Waals surface area contributed by atoms with E-state index in [4.69, 9.17) is 0 Å². The van der Waals surface area contributed by atoms with E-state index in [9.17, 15) is 4.79 Å². The summed E-state index contributed by atoms with van der Waals surface area (Å²) in [7, 11) is 0. The molecular formula is C9H14N2OS. The van der Waals surface area contributed by atoms with Gasteiger partial charge in [-0.25, -0.2) is 0 Å². The Morgan fingerprint density at radius 3 is 2.69 bits per heavy atom. The van der Waals surface area contributed by atoms with E-state index in [2.05, 4.69) is 9.88 Å². The number of likely N-dealkylation sites (tertiary alicyclic amines) is 1. The molecule has 2 rings (SSSR count). The van der Waals surface area contributed by atoms with Gasteiger partial charge in [-0.05, 0) is 32.9 Å². The van der Waals surface area contributed by atoms with Gasteiger partial charge in [0.1, 0.15) is 0 Å². The summed E-state index contributed by atoms with van der Waals surface area (Å²) in [5, 5.41) is 0. The lowest BCUT2D eigenvalue weighted by atomic mass is 10.4. The summed E-state index contributed by atoms with van der Waals surface area (Å²) in [4.78, 5) is 17.5. The first-order valence-corrected chi connectivity index (χ1v) is 5.48. The van der Waals surface area contributed by atoms with Gasteiger partial charge in [-0.15, -0.1) is 0 Å². The number of aromatic nitrogens is 1. The van der Waals surface area contributed by atoms with E-state index < -0.39 is 0 Å². The predicted octanol–water partition coefficient (Wildman–Crippen LogP) is 1.34. The van der Waals surface area contributed by atoms with Gasteiger partial charge in [0.2, 0.25) is 0 Å². The summed E-state index contributed by atoms with van der Waals surface area (Å²) >= 11 is 1.35. The van der Waals surface area contributed by atoms with E-state index in [1.807, 2.05) is 6.92 Å². The summed E-state index contributed by atoms with van der Waals surface area (Å²) in [6.45, 7) is 5.30. The third kappa shape index (κ3) is 2.00. The first kappa shape index (κ1) is 8.97. The molecule has 0 bridgehead atoms. The summed E-state index contributed by atoms with van der Waals surface area (Å²) < 4.78 is 0. The van der Waals surface area contributed by atoms with Crippen molar-refractivity contribution >= 4 is 11.3 Å². The van der Waals surface area contributed by atoms with E-state index in [0.717, 1.165) is 12.2 Å². The number of nitrogens with one attached hydrogen (secondary N) is 1. The topological polar surface area (TPSA) is 36.1 Å². The number of H-pyrrole nitrogens is 1. The number of thiazole rings is 1. The second-order valence-electron chi connectivity index (χ2n) is 3.55. The summed E-state index contributed by atoms with van der Waals surface area (Å²) in [5.74, 6) is 0. The van der Waals surface area contributed by atoms with Gasteiger partial charge in [-0.2, -0.15) is 0 Å². The number of aromatic amines is 1. The Labute approximate surface area is 81.4 Å². The molecule has 1 aliphatic rings. The van der Waals surface area contributed by atoms with Crippen LogP contribution in [0.4, 0.5) is 0 Å². The molecule has 1 N–H and O–H groups in total. The molecule has 4 heteroatoms. The average molecular weight is 198 g/mol. The Kier molecular flexibility index (Phi) is 2.51. The lowest BCUT2D eigenvalue weighted by Crippen LogP contribution is -2.18. The Morgan fingerprint density at radius 1 is 1.46 bits per heavy atom. The molecule has 2 heterocycles. The quantitative estimate of drug-likeness (QED) is 0.778. The fourth-order valence-corrected chi connectivity index (χ4v) is 2.61. The highest BCUT2D eigenvalue weighted by molar-refractivity contribution is 7.09. The zero-order valence-corrected chi connectivity index (χ0v) is 8.62. The van der Waals surface area contributed by atoms with Gasteiger partial charge >= 0.3 is 4.87 Å². The molecule has 0 radical (unpaired) electrons. The lowest BCUT2D eigenvalue weighted by Gasteiger charge is -2.12. The molecular weight excluding hydrogens is 184 g/mol. The third-order valence-electron chi connectivity index (χ3n) is 2.49. The van der Waals surface area contributed by atoms with Gasteiger partial charge < -0.3 is 4.98 Å². The first-order valence-electron chi connectivity index (χ1n) is 4.66. The molecule has 3 nitrogen and oxygen atoms in total. The van der Waals surface area contributed by atoms with Crippen molar-refractivity contribution in [3.8, 4) is 0 Å². The Hall–Kier alpha value is -0.610. The standard InChI is InChI=1S/C9H14N2OS/c1-7-8(13-9(12)10-7)6-11-4-2-3-5-11/h2-6H2,1H3,(H,10,12). The third-order valence-corrected chi connectivity index (χ3v) is 3.46. The van der Waals surface area contributed by atoms with Gasteiger partial charge in [0.05, 0.1) is 0 Å². The molecule has 0 amide bonds. The van der Waals surface area contributed by atoms with Crippen molar-refractivity contribution < 1.29 is 0 Å². The minimum Gasteiger partial charge on any atom is -0.317 e. The maximum atomic E-state index is 11.0. The molecule has 0 aromatic carbocycles. The molecule has 0 atom stereocenters. The molecule has 1 aromatic heterocycles. The molecule has 0 spiro atoms. The number of hydrogen-bond acceptors (Lipinski definition) is 3. The van der Waals surface area contributed by atoms with Gasteiger partial charge in [-0.3, -0.25) is 9.69 Å². The van der Waals surface area contributed by atoms with Crippen LogP contribution in [-0.4, -0.2) is 23.0 Å². The molecule has 72 valence electrons. The second-order valence-corrected chi connectivity index (χ2v) is 4.61. The number of hydrogen-bond donors (Lipinski definition) is 1. The van der Waals surface area contributed by atoms with Crippen LogP contribution in [0.3, 0.4) is 0 Å². The molecule has 13 heavy (non-hydrogen) atoms. The fraction of sp³-hybridized carbons (Fsp3) is 0.667. The summed E-state index contributed by atoms with van der Waals surface area (Å²) in [6, 6.07) is 0. The van der Waals surface area contributed by atoms with Crippen LogP contribution >= 0.6 is 11.3 Å². The van der Waals surface area contributed by atoms with Crippen molar-refractivity contribution in [3.63, 3.8) is 0 Å². The summed E-state index contributed by atoms with van der Waals surface area (Å²) in [5.41, 5.74) is 1.04. The van der Waals surface area contributed by atoms with Crippen LogP contribution < -0.4 is 4.87 Å². The smallest absolute Gasteiger partial charge is 0.304 e. The van der Waals surface area contributed by atoms with Crippen molar-refractivity contribution in [1.82, 2.24) is 9.88 Å². The minimum atomic E-state index is 0.0756.